The summed E-state index contributed by atoms with van der Waals surface area (Å²) >= 11 is 0. The first-order chi connectivity index (χ1) is 14.3. The number of hydrogen-bond acceptors (Lipinski definition) is 7. The van der Waals surface area contributed by atoms with Crippen molar-refractivity contribution in [3.05, 3.63) is 57.9 Å². The number of aryl methyl sites for hydroxylation is 1. The van der Waals surface area contributed by atoms with E-state index in [1.54, 1.807) is 51.1 Å². The Morgan fingerprint density at radius 2 is 1.80 bits per heavy atom. The highest BCUT2D eigenvalue weighted by atomic mass is 16.5. The molecule has 1 aromatic carbocycles. The minimum Gasteiger partial charge on any atom is -0.497 e. The molecule has 0 aliphatic carbocycles. The topological polar surface area (TPSA) is 118 Å². The van der Waals surface area contributed by atoms with Crippen molar-refractivity contribution >= 4 is 23.8 Å². The molecule has 0 aliphatic heterocycles. The van der Waals surface area contributed by atoms with Crippen molar-refractivity contribution in [3.8, 4) is 11.8 Å². The Hall–Kier alpha value is -3.86. The largest absolute Gasteiger partial charge is 0.497 e. The van der Waals surface area contributed by atoms with Crippen LogP contribution in [-0.2, 0) is 14.3 Å². The lowest BCUT2D eigenvalue weighted by molar-refractivity contribution is -0.137. The summed E-state index contributed by atoms with van der Waals surface area (Å²) in [6, 6.07) is 8.50. The molecule has 0 fully saturated rings. The van der Waals surface area contributed by atoms with Crippen LogP contribution in [0, 0.1) is 25.2 Å². The summed E-state index contributed by atoms with van der Waals surface area (Å²) in [6.45, 7) is 4.57. The highest BCUT2D eigenvalue weighted by Gasteiger charge is 2.24. The van der Waals surface area contributed by atoms with E-state index in [2.05, 4.69) is 4.98 Å². The van der Waals surface area contributed by atoms with Gasteiger partial charge in [-0.25, -0.2) is 9.59 Å². The summed E-state index contributed by atoms with van der Waals surface area (Å²) in [5, 5.41) is 9.25. The van der Waals surface area contributed by atoms with E-state index in [9.17, 15) is 19.6 Å². The number of carbonyl (C=O) groups is 3. The third kappa shape index (κ3) is 5.14. The molecular weight excluding hydrogens is 388 g/mol. The van der Waals surface area contributed by atoms with E-state index in [4.69, 9.17) is 14.2 Å². The highest BCUT2D eigenvalue weighted by molar-refractivity contribution is 6.04. The predicted octanol–water partition coefficient (Wildman–Crippen LogP) is 3.15. The maximum Gasteiger partial charge on any atom is 0.349 e. The number of ketones is 1. The van der Waals surface area contributed by atoms with Gasteiger partial charge in [0.2, 0.25) is 5.78 Å². The highest BCUT2D eigenvalue weighted by Crippen LogP contribution is 2.20. The second-order valence-electron chi connectivity index (χ2n) is 6.29. The SMILES string of the molecule is CCOC(=O)c1c(C)[nH]c(C(=O)COC(=O)C(C#N)=Cc2ccc(OC)cc2)c1C. The van der Waals surface area contributed by atoms with Crippen molar-refractivity contribution in [2.45, 2.75) is 20.8 Å². The first-order valence-corrected chi connectivity index (χ1v) is 9.14. The number of benzene rings is 1. The summed E-state index contributed by atoms with van der Waals surface area (Å²) in [5.41, 5.74) is 1.69. The number of Topliss-reactive ketones (excluding diaryl/α,β-unsaturated/α-hetero) is 1. The second-order valence-corrected chi connectivity index (χ2v) is 6.29. The first kappa shape index (κ1) is 22.4. The molecule has 156 valence electrons. The number of ether oxygens (including phenoxy) is 3. The number of nitriles is 1. The third-order valence-electron chi connectivity index (χ3n) is 4.30. The lowest BCUT2D eigenvalue weighted by Crippen LogP contribution is -2.16. The Morgan fingerprint density at radius 3 is 2.37 bits per heavy atom. The summed E-state index contributed by atoms with van der Waals surface area (Å²) in [6.07, 6.45) is 1.36. The molecule has 8 nitrogen and oxygen atoms in total. The van der Waals surface area contributed by atoms with Gasteiger partial charge in [-0.15, -0.1) is 0 Å². The molecule has 1 heterocycles. The van der Waals surface area contributed by atoms with Gasteiger partial charge in [0.05, 0.1) is 25.0 Å². The van der Waals surface area contributed by atoms with Gasteiger partial charge in [0.1, 0.15) is 17.4 Å². The Labute approximate surface area is 174 Å². The minimum atomic E-state index is -0.923. The summed E-state index contributed by atoms with van der Waals surface area (Å²) in [7, 11) is 1.53. The molecule has 1 aromatic heterocycles. The van der Waals surface area contributed by atoms with Crippen molar-refractivity contribution in [2.75, 3.05) is 20.3 Å². The van der Waals surface area contributed by atoms with E-state index in [0.717, 1.165) is 0 Å². The average Bonchev–Trinajstić information content (AvgIpc) is 3.04. The van der Waals surface area contributed by atoms with Crippen molar-refractivity contribution in [2.24, 2.45) is 0 Å². The Morgan fingerprint density at radius 1 is 1.13 bits per heavy atom. The molecule has 0 atom stereocenters. The van der Waals surface area contributed by atoms with E-state index in [-0.39, 0.29) is 23.4 Å². The molecule has 0 bridgehead atoms. The number of rotatable bonds is 8. The smallest absolute Gasteiger partial charge is 0.349 e. The predicted molar refractivity (Wildman–Crippen MR) is 108 cm³/mol. The zero-order chi connectivity index (χ0) is 22.3. The fraction of sp³-hybridized carbons (Fsp3) is 0.273. The van der Waals surface area contributed by atoms with Gasteiger partial charge in [0.15, 0.2) is 6.61 Å². The van der Waals surface area contributed by atoms with Crippen LogP contribution >= 0.6 is 0 Å². The summed E-state index contributed by atoms with van der Waals surface area (Å²) < 4.78 is 15.0. The molecule has 0 saturated carbocycles. The lowest BCUT2D eigenvalue weighted by atomic mass is 10.1. The molecule has 2 rings (SSSR count). The molecule has 0 aliphatic rings. The molecule has 2 aromatic rings. The average molecular weight is 410 g/mol. The maximum atomic E-state index is 12.5. The number of hydrogen-bond donors (Lipinski definition) is 1. The molecule has 0 radical (unpaired) electrons. The van der Waals surface area contributed by atoms with Gasteiger partial charge in [0.25, 0.3) is 0 Å². The molecular formula is C22H22N2O6. The number of methoxy groups -OCH3 is 1. The molecule has 1 N–H and O–H groups in total. The van der Waals surface area contributed by atoms with Crippen LogP contribution in [0.5, 0.6) is 5.75 Å². The minimum absolute atomic E-state index is 0.154. The first-order valence-electron chi connectivity index (χ1n) is 9.14. The van der Waals surface area contributed by atoms with E-state index in [0.29, 0.717) is 22.6 Å². The Bertz CT molecular complexity index is 1030. The van der Waals surface area contributed by atoms with Crippen LogP contribution < -0.4 is 4.74 Å². The number of carbonyl (C=O) groups excluding carboxylic acids is 3. The van der Waals surface area contributed by atoms with Gasteiger partial charge < -0.3 is 19.2 Å². The van der Waals surface area contributed by atoms with Crippen LogP contribution in [0.25, 0.3) is 6.08 Å². The van der Waals surface area contributed by atoms with Crippen LogP contribution in [0.2, 0.25) is 0 Å². The lowest BCUT2D eigenvalue weighted by Gasteiger charge is -2.05. The van der Waals surface area contributed by atoms with Crippen LogP contribution in [0.4, 0.5) is 0 Å². The zero-order valence-electron chi connectivity index (χ0n) is 17.2. The summed E-state index contributed by atoms with van der Waals surface area (Å²) in [5.74, 6) is -1.35. The number of nitrogens with one attached hydrogen (secondary N) is 1. The van der Waals surface area contributed by atoms with E-state index >= 15 is 0 Å². The Kier molecular flexibility index (Phi) is 7.53. The van der Waals surface area contributed by atoms with Crippen molar-refractivity contribution in [1.82, 2.24) is 4.98 Å². The normalized spacial score (nSPS) is 10.8. The van der Waals surface area contributed by atoms with E-state index in [1.165, 1.54) is 13.2 Å². The molecule has 0 spiro atoms. The van der Waals surface area contributed by atoms with Gasteiger partial charge >= 0.3 is 11.9 Å². The van der Waals surface area contributed by atoms with Crippen molar-refractivity contribution in [3.63, 3.8) is 0 Å². The fourth-order valence-corrected chi connectivity index (χ4v) is 2.82. The van der Waals surface area contributed by atoms with Crippen LogP contribution in [0.3, 0.4) is 0 Å². The van der Waals surface area contributed by atoms with Crippen molar-refractivity contribution < 1.29 is 28.6 Å². The van der Waals surface area contributed by atoms with Crippen LogP contribution in [0.15, 0.2) is 29.8 Å². The Balaban J connectivity index is 2.10. The quantitative estimate of drug-likeness (QED) is 0.307. The van der Waals surface area contributed by atoms with Gasteiger partial charge in [-0.1, -0.05) is 12.1 Å². The molecule has 0 saturated heterocycles. The number of H-pyrrole nitrogens is 1. The third-order valence-corrected chi connectivity index (χ3v) is 4.30. The number of aromatic amines is 1. The van der Waals surface area contributed by atoms with Gasteiger partial charge in [0, 0.05) is 5.69 Å². The molecule has 0 amide bonds. The van der Waals surface area contributed by atoms with Gasteiger partial charge in [-0.2, -0.15) is 5.26 Å². The number of nitrogens with zero attached hydrogens (tertiary/aromatic N) is 1. The van der Waals surface area contributed by atoms with Crippen LogP contribution in [0.1, 0.15) is 44.6 Å². The molecule has 8 heteroatoms. The fourth-order valence-electron chi connectivity index (χ4n) is 2.82. The molecule has 0 unspecified atom stereocenters. The van der Waals surface area contributed by atoms with Crippen molar-refractivity contribution in [1.29, 1.82) is 5.26 Å². The van der Waals surface area contributed by atoms with Crippen LogP contribution in [-0.4, -0.2) is 43.0 Å². The standard InChI is InChI=1S/C22H22N2O6/c1-5-29-22(27)19-13(2)20(24-14(19)3)18(25)12-30-21(26)16(11-23)10-15-6-8-17(28-4)9-7-15/h6-10,24H,5,12H2,1-4H3. The van der Waals surface area contributed by atoms with E-state index < -0.39 is 24.3 Å². The monoisotopic (exact) mass is 410 g/mol. The zero-order valence-corrected chi connectivity index (χ0v) is 17.2. The van der Waals surface area contributed by atoms with Gasteiger partial charge in [-0.3, -0.25) is 4.79 Å². The summed E-state index contributed by atoms with van der Waals surface area (Å²) in [4.78, 5) is 39.6. The van der Waals surface area contributed by atoms with E-state index in [1.807, 2.05) is 0 Å². The van der Waals surface area contributed by atoms with Gasteiger partial charge in [-0.05, 0) is 50.1 Å². The second kappa shape index (κ2) is 10.1. The number of aromatic nitrogens is 1. The maximum absolute atomic E-state index is 12.5. The molecule has 30 heavy (non-hydrogen) atoms. The number of esters is 2.